The zero-order chi connectivity index (χ0) is 20.3. The highest BCUT2D eigenvalue weighted by atomic mass is 32.2. The van der Waals surface area contributed by atoms with Crippen LogP contribution < -0.4 is 5.32 Å². The van der Waals surface area contributed by atoms with E-state index in [4.69, 9.17) is 4.74 Å². The first-order valence-corrected chi connectivity index (χ1v) is 9.77. The number of anilines is 1. The van der Waals surface area contributed by atoms with Crippen LogP contribution in [-0.4, -0.2) is 38.8 Å². The fraction of sp³-hybridized carbons (Fsp3) is 0.389. The topological polar surface area (TPSA) is 69.0 Å². The molecule has 1 aromatic heterocycles. The van der Waals surface area contributed by atoms with Gasteiger partial charge in [0.2, 0.25) is 5.95 Å². The Morgan fingerprint density at radius 1 is 1.32 bits per heavy atom. The summed E-state index contributed by atoms with van der Waals surface area (Å²) in [6.07, 6.45) is -3.12. The first-order chi connectivity index (χ1) is 13.3. The van der Waals surface area contributed by atoms with Crippen LogP contribution in [0.3, 0.4) is 0 Å². The Labute approximate surface area is 164 Å². The summed E-state index contributed by atoms with van der Waals surface area (Å²) in [5.41, 5.74) is 0.540. The van der Waals surface area contributed by atoms with Crippen LogP contribution in [0.5, 0.6) is 0 Å². The van der Waals surface area contributed by atoms with E-state index >= 15 is 0 Å². The van der Waals surface area contributed by atoms with E-state index in [1.165, 1.54) is 23.1 Å². The molecule has 0 spiro atoms. The predicted octanol–water partition coefficient (Wildman–Crippen LogP) is 3.88. The molecule has 0 saturated heterocycles. The van der Waals surface area contributed by atoms with Crippen molar-refractivity contribution in [3.8, 4) is 0 Å². The summed E-state index contributed by atoms with van der Waals surface area (Å²) in [6, 6.07) is 3.94. The molecule has 2 heterocycles. The van der Waals surface area contributed by atoms with Gasteiger partial charge in [0.25, 0.3) is 0 Å². The second-order valence-electron chi connectivity index (χ2n) is 6.05. The van der Waals surface area contributed by atoms with Crippen molar-refractivity contribution in [2.45, 2.75) is 26.1 Å². The monoisotopic (exact) mass is 412 g/mol. The second kappa shape index (κ2) is 8.26. The van der Waals surface area contributed by atoms with Crippen molar-refractivity contribution in [1.29, 1.82) is 0 Å². The number of esters is 1. The summed E-state index contributed by atoms with van der Waals surface area (Å²) in [6.45, 7) is 3.96. The predicted molar refractivity (Wildman–Crippen MR) is 99.9 cm³/mol. The van der Waals surface area contributed by atoms with E-state index in [1.54, 1.807) is 18.7 Å². The lowest BCUT2D eigenvalue weighted by atomic mass is 9.95. The third kappa shape index (κ3) is 4.16. The van der Waals surface area contributed by atoms with E-state index in [0.717, 1.165) is 17.9 Å². The summed E-state index contributed by atoms with van der Waals surface area (Å²) < 4.78 is 45.5. The van der Waals surface area contributed by atoms with Crippen molar-refractivity contribution in [2.24, 2.45) is 0 Å². The Morgan fingerprint density at radius 3 is 2.68 bits per heavy atom. The Kier molecular flexibility index (Phi) is 5.97. The molecule has 0 radical (unpaired) electrons. The SMILES string of the molecule is CCSCCOC(=O)C1=C(C)Nc2ncnn2[C@H]1c1ccc(C(F)(F)F)cc1. The smallest absolute Gasteiger partial charge is 0.416 e. The number of carbonyl (C=O) groups excluding carboxylic acids is 1. The molecule has 1 aliphatic heterocycles. The highest BCUT2D eigenvalue weighted by Crippen LogP contribution is 2.36. The van der Waals surface area contributed by atoms with Crippen LogP contribution in [0.15, 0.2) is 41.9 Å². The summed E-state index contributed by atoms with van der Waals surface area (Å²) in [7, 11) is 0. The molecule has 0 unspecified atom stereocenters. The maximum Gasteiger partial charge on any atom is 0.416 e. The van der Waals surface area contributed by atoms with Crippen LogP contribution in [0, 0.1) is 0 Å². The summed E-state index contributed by atoms with van der Waals surface area (Å²) in [4.78, 5) is 16.8. The first kappa shape index (κ1) is 20.2. The molecule has 0 bridgehead atoms. The zero-order valence-electron chi connectivity index (χ0n) is 15.3. The number of fused-ring (bicyclic) bond motifs is 1. The van der Waals surface area contributed by atoms with E-state index in [-0.39, 0.29) is 6.61 Å². The molecule has 6 nitrogen and oxygen atoms in total. The van der Waals surface area contributed by atoms with Gasteiger partial charge in [-0.2, -0.15) is 35.0 Å². The number of nitrogens with zero attached hydrogens (tertiary/aromatic N) is 3. The van der Waals surface area contributed by atoms with Gasteiger partial charge in [-0.25, -0.2) is 9.48 Å². The summed E-state index contributed by atoms with van der Waals surface area (Å²) >= 11 is 1.65. The molecule has 0 saturated carbocycles. The van der Waals surface area contributed by atoms with Crippen LogP contribution in [0.25, 0.3) is 0 Å². The summed E-state index contributed by atoms with van der Waals surface area (Å²) in [5, 5.41) is 7.13. The molecule has 10 heteroatoms. The maximum absolute atomic E-state index is 12.9. The van der Waals surface area contributed by atoms with Crippen molar-refractivity contribution in [2.75, 3.05) is 23.4 Å². The van der Waals surface area contributed by atoms with Gasteiger partial charge in [-0.15, -0.1) is 0 Å². The molecule has 2 aromatic rings. The standard InChI is InChI=1S/C18H19F3N4O2S/c1-3-28-9-8-27-16(26)14-11(2)24-17-22-10-23-25(17)15(14)12-4-6-13(7-5-12)18(19,20)21/h4-7,10,15H,3,8-9H2,1-2H3,(H,22,23,24)/t15-/m0/s1. The Balaban J connectivity index is 1.94. The molecule has 1 N–H and O–H groups in total. The van der Waals surface area contributed by atoms with Gasteiger partial charge in [-0.3, -0.25) is 0 Å². The highest BCUT2D eigenvalue weighted by Gasteiger charge is 2.35. The lowest BCUT2D eigenvalue weighted by Gasteiger charge is -2.28. The molecule has 0 fully saturated rings. The number of allylic oxidation sites excluding steroid dienone is 1. The molecule has 1 aliphatic rings. The van der Waals surface area contributed by atoms with Gasteiger partial charge >= 0.3 is 12.1 Å². The maximum atomic E-state index is 12.9. The molecular formula is C18H19F3N4O2S. The average molecular weight is 412 g/mol. The molecule has 0 aliphatic carbocycles. The van der Waals surface area contributed by atoms with E-state index in [0.29, 0.717) is 28.5 Å². The van der Waals surface area contributed by atoms with Gasteiger partial charge in [0.15, 0.2) is 0 Å². The van der Waals surface area contributed by atoms with Crippen LogP contribution in [0.2, 0.25) is 0 Å². The molecule has 1 atom stereocenters. The van der Waals surface area contributed by atoms with E-state index < -0.39 is 23.8 Å². The van der Waals surface area contributed by atoms with Gasteiger partial charge in [0, 0.05) is 11.4 Å². The number of ether oxygens (including phenoxy) is 1. The fourth-order valence-corrected chi connectivity index (χ4v) is 3.42. The third-order valence-electron chi connectivity index (χ3n) is 4.23. The Morgan fingerprint density at radius 2 is 2.04 bits per heavy atom. The van der Waals surface area contributed by atoms with Gasteiger partial charge < -0.3 is 10.1 Å². The minimum atomic E-state index is -4.43. The van der Waals surface area contributed by atoms with Crippen molar-refractivity contribution < 1.29 is 22.7 Å². The third-order valence-corrected chi connectivity index (χ3v) is 5.10. The van der Waals surface area contributed by atoms with Crippen molar-refractivity contribution in [3.05, 3.63) is 53.0 Å². The number of aromatic nitrogens is 3. The number of thioether (sulfide) groups is 1. The molecule has 3 rings (SSSR count). The van der Waals surface area contributed by atoms with Gasteiger partial charge in [-0.05, 0) is 30.4 Å². The van der Waals surface area contributed by atoms with E-state index in [2.05, 4.69) is 15.4 Å². The van der Waals surface area contributed by atoms with Gasteiger partial charge in [-0.1, -0.05) is 19.1 Å². The normalized spacial score (nSPS) is 16.5. The van der Waals surface area contributed by atoms with Crippen LogP contribution in [0.4, 0.5) is 19.1 Å². The quantitative estimate of drug-likeness (QED) is 0.574. The average Bonchev–Trinajstić information content (AvgIpc) is 3.11. The number of hydrogen-bond donors (Lipinski definition) is 1. The van der Waals surface area contributed by atoms with Crippen LogP contribution in [0.1, 0.15) is 31.0 Å². The van der Waals surface area contributed by atoms with Crippen LogP contribution in [-0.2, 0) is 15.7 Å². The molecule has 150 valence electrons. The highest BCUT2D eigenvalue weighted by molar-refractivity contribution is 7.99. The minimum Gasteiger partial charge on any atom is -0.461 e. The lowest BCUT2D eigenvalue weighted by molar-refractivity contribution is -0.139. The first-order valence-electron chi connectivity index (χ1n) is 8.62. The zero-order valence-corrected chi connectivity index (χ0v) is 16.1. The van der Waals surface area contributed by atoms with Gasteiger partial charge in [0.05, 0.1) is 11.1 Å². The number of benzene rings is 1. The molecule has 1 aromatic carbocycles. The number of hydrogen-bond acceptors (Lipinski definition) is 6. The number of carbonyl (C=O) groups is 1. The van der Waals surface area contributed by atoms with Crippen molar-refractivity contribution >= 4 is 23.7 Å². The van der Waals surface area contributed by atoms with Gasteiger partial charge in [0.1, 0.15) is 19.0 Å². The number of nitrogens with one attached hydrogen (secondary N) is 1. The minimum absolute atomic E-state index is 0.248. The van der Waals surface area contributed by atoms with Crippen LogP contribution >= 0.6 is 11.8 Å². The Bertz CT molecular complexity index is 878. The number of halogens is 3. The number of rotatable bonds is 6. The molecular weight excluding hydrogens is 393 g/mol. The lowest BCUT2D eigenvalue weighted by Crippen LogP contribution is -2.30. The van der Waals surface area contributed by atoms with Crippen molar-refractivity contribution in [1.82, 2.24) is 14.8 Å². The largest absolute Gasteiger partial charge is 0.461 e. The molecule has 0 amide bonds. The second-order valence-corrected chi connectivity index (χ2v) is 7.44. The van der Waals surface area contributed by atoms with Crippen molar-refractivity contribution in [3.63, 3.8) is 0 Å². The van der Waals surface area contributed by atoms with E-state index in [1.807, 2.05) is 6.92 Å². The Hall–Kier alpha value is -2.49. The summed E-state index contributed by atoms with van der Waals surface area (Å²) in [5.74, 6) is 1.45. The number of alkyl halides is 3. The fourth-order valence-electron chi connectivity index (χ4n) is 2.93. The van der Waals surface area contributed by atoms with E-state index in [9.17, 15) is 18.0 Å². The molecule has 28 heavy (non-hydrogen) atoms.